The molecule has 1 aromatic carbocycles. The van der Waals surface area contributed by atoms with Crippen LogP contribution in [-0.2, 0) is 9.53 Å². The lowest BCUT2D eigenvalue weighted by Crippen LogP contribution is -2.26. The van der Waals surface area contributed by atoms with Crippen LogP contribution in [0.1, 0.15) is 43.6 Å². The predicted molar refractivity (Wildman–Crippen MR) is 72.2 cm³/mol. The van der Waals surface area contributed by atoms with Crippen molar-refractivity contribution in [3.8, 4) is 5.75 Å². The Labute approximate surface area is 113 Å². The summed E-state index contributed by atoms with van der Waals surface area (Å²) in [6, 6.07) is 5.06. The molecule has 4 heteroatoms. The van der Waals surface area contributed by atoms with Crippen molar-refractivity contribution in [3.63, 3.8) is 0 Å². The smallest absolute Gasteiger partial charge is 0.341 e. The summed E-state index contributed by atoms with van der Waals surface area (Å²) in [5, 5.41) is 0. The average molecular weight is 264 g/mol. The summed E-state index contributed by atoms with van der Waals surface area (Å²) in [5.74, 6) is -0.631. The molecule has 0 aliphatic rings. The van der Waals surface area contributed by atoms with Crippen molar-refractivity contribution in [1.29, 1.82) is 0 Å². The van der Waals surface area contributed by atoms with E-state index in [1.54, 1.807) is 45.9 Å². The largest absolute Gasteiger partial charge is 0.462 e. The summed E-state index contributed by atoms with van der Waals surface area (Å²) in [4.78, 5) is 23.7. The van der Waals surface area contributed by atoms with Gasteiger partial charge in [-0.25, -0.2) is 4.79 Å². The van der Waals surface area contributed by atoms with Crippen molar-refractivity contribution >= 4 is 11.9 Å². The van der Waals surface area contributed by atoms with Gasteiger partial charge in [0.1, 0.15) is 11.3 Å². The highest BCUT2D eigenvalue weighted by molar-refractivity contribution is 5.94. The number of carbonyl (C=O) groups is 2. The Morgan fingerprint density at radius 3 is 2.37 bits per heavy atom. The lowest BCUT2D eigenvalue weighted by Gasteiger charge is -2.17. The van der Waals surface area contributed by atoms with E-state index in [1.807, 2.05) is 6.92 Å². The fraction of sp³-hybridized carbons (Fsp3) is 0.467. The Balaban J connectivity index is 3.07. The molecule has 0 N–H and O–H groups in total. The molecule has 0 saturated carbocycles. The molecule has 4 nitrogen and oxygen atoms in total. The van der Waals surface area contributed by atoms with Crippen molar-refractivity contribution < 1.29 is 19.1 Å². The van der Waals surface area contributed by atoms with E-state index in [-0.39, 0.29) is 23.9 Å². The van der Waals surface area contributed by atoms with Gasteiger partial charge in [-0.05, 0) is 52.3 Å². The molecule has 0 aliphatic heterocycles. The number of hydrogen-bond donors (Lipinski definition) is 0. The highest BCUT2D eigenvalue weighted by Crippen LogP contribution is 2.24. The molecule has 0 bridgehead atoms. The van der Waals surface area contributed by atoms with E-state index in [0.29, 0.717) is 0 Å². The summed E-state index contributed by atoms with van der Waals surface area (Å²) in [6.45, 7) is 9.14. The lowest BCUT2D eigenvalue weighted by atomic mass is 9.97. The second kappa shape index (κ2) is 5.87. The van der Waals surface area contributed by atoms with Crippen LogP contribution >= 0.6 is 0 Å². The third-order valence-electron chi connectivity index (χ3n) is 2.45. The molecule has 0 aromatic heterocycles. The van der Waals surface area contributed by atoms with Gasteiger partial charge in [0.05, 0.1) is 12.0 Å². The number of benzene rings is 1. The van der Waals surface area contributed by atoms with E-state index in [1.165, 1.54) is 0 Å². The molecule has 0 saturated heterocycles. The van der Waals surface area contributed by atoms with Gasteiger partial charge in [-0.15, -0.1) is 0 Å². The first kappa shape index (κ1) is 15.2. The summed E-state index contributed by atoms with van der Waals surface area (Å²) in [7, 11) is 0. The normalized spacial score (nSPS) is 11.0. The maximum atomic E-state index is 11.9. The predicted octanol–water partition coefficient (Wildman–Crippen LogP) is 3.12. The van der Waals surface area contributed by atoms with Crippen LogP contribution in [0.4, 0.5) is 0 Å². The van der Waals surface area contributed by atoms with Gasteiger partial charge < -0.3 is 9.47 Å². The second-order valence-electron chi connectivity index (χ2n) is 5.36. The maximum Gasteiger partial charge on any atom is 0.341 e. The van der Waals surface area contributed by atoms with Gasteiger partial charge in [-0.1, -0.05) is 6.07 Å². The van der Waals surface area contributed by atoms with Crippen LogP contribution in [0.15, 0.2) is 18.2 Å². The quantitative estimate of drug-likeness (QED) is 0.621. The zero-order valence-electron chi connectivity index (χ0n) is 12.1. The molecule has 0 heterocycles. The zero-order valence-corrected chi connectivity index (χ0v) is 12.1. The van der Waals surface area contributed by atoms with E-state index >= 15 is 0 Å². The van der Waals surface area contributed by atoms with E-state index in [9.17, 15) is 9.59 Å². The van der Waals surface area contributed by atoms with Crippen LogP contribution < -0.4 is 4.74 Å². The molecule has 1 rings (SSSR count). The van der Waals surface area contributed by atoms with Crippen molar-refractivity contribution in [1.82, 2.24) is 0 Å². The molecule has 0 fully saturated rings. The molecular formula is C15H20O4. The summed E-state index contributed by atoms with van der Waals surface area (Å²) >= 11 is 0. The number of ether oxygens (including phenoxy) is 2. The third kappa shape index (κ3) is 4.09. The van der Waals surface area contributed by atoms with E-state index < -0.39 is 11.4 Å². The second-order valence-corrected chi connectivity index (χ2v) is 5.36. The van der Waals surface area contributed by atoms with Gasteiger partial charge in [0.25, 0.3) is 0 Å². The fourth-order valence-corrected chi connectivity index (χ4v) is 1.35. The van der Waals surface area contributed by atoms with Crippen LogP contribution in [0.2, 0.25) is 0 Å². The molecule has 104 valence electrons. The van der Waals surface area contributed by atoms with Crippen LogP contribution in [0, 0.1) is 12.3 Å². The number of aryl methyl sites for hydroxylation is 1. The Morgan fingerprint density at radius 2 is 1.84 bits per heavy atom. The Morgan fingerprint density at radius 1 is 1.21 bits per heavy atom. The number of carbonyl (C=O) groups excluding carboxylic acids is 2. The highest BCUT2D eigenvalue weighted by Gasteiger charge is 2.26. The first-order valence-electron chi connectivity index (χ1n) is 6.25. The molecule has 19 heavy (non-hydrogen) atoms. The molecule has 0 radical (unpaired) electrons. The molecule has 0 atom stereocenters. The van der Waals surface area contributed by atoms with Crippen molar-refractivity contribution in [2.45, 2.75) is 34.6 Å². The fourth-order valence-electron chi connectivity index (χ4n) is 1.35. The van der Waals surface area contributed by atoms with Gasteiger partial charge in [-0.3, -0.25) is 4.79 Å². The first-order valence-corrected chi connectivity index (χ1v) is 6.25. The van der Waals surface area contributed by atoms with Gasteiger partial charge in [0.15, 0.2) is 0 Å². The molecule has 0 spiro atoms. The standard InChI is InChI=1S/C15H20O4/c1-6-18-13(16)11-9-10(2)7-8-12(11)19-14(17)15(3,4)5/h7-9H,6H2,1-5H3. The van der Waals surface area contributed by atoms with E-state index in [2.05, 4.69) is 0 Å². The van der Waals surface area contributed by atoms with Gasteiger partial charge in [-0.2, -0.15) is 0 Å². The Kier molecular flexibility index (Phi) is 4.70. The minimum absolute atomic E-state index is 0.240. The SMILES string of the molecule is CCOC(=O)c1cc(C)ccc1OC(=O)C(C)(C)C. The van der Waals surface area contributed by atoms with Gasteiger partial charge in [0, 0.05) is 0 Å². The first-order chi connectivity index (χ1) is 8.75. The number of hydrogen-bond acceptors (Lipinski definition) is 4. The van der Waals surface area contributed by atoms with Crippen LogP contribution in [-0.4, -0.2) is 18.5 Å². The number of rotatable bonds is 3. The summed E-state index contributed by atoms with van der Waals surface area (Å²) < 4.78 is 10.3. The zero-order chi connectivity index (χ0) is 14.6. The van der Waals surface area contributed by atoms with Crippen LogP contribution in [0.25, 0.3) is 0 Å². The van der Waals surface area contributed by atoms with Crippen LogP contribution in [0.5, 0.6) is 5.75 Å². The molecule has 0 aliphatic carbocycles. The minimum atomic E-state index is -0.628. The Hall–Kier alpha value is -1.84. The summed E-state index contributed by atoms with van der Waals surface area (Å²) in [5.41, 5.74) is 0.551. The Bertz CT molecular complexity index is 483. The molecular weight excluding hydrogens is 244 g/mol. The minimum Gasteiger partial charge on any atom is -0.462 e. The van der Waals surface area contributed by atoms with Crippen molar-refractivity contribution in [2.24, 2.45) is 5.41 Å². The van der Waals surface area contributed by atoms with Crippen LogP contribution in [0.3, 0.4) is 0 Å². The topological polar surface area (TPSA) is 52.6 Å². The van der Waals surface area contributed by atoms with Crippen molar-refractivity contribution in [3.05, 3.63) is 29.3 Å². The average Bonchev–Trinajstić information content (AvgIpc) is 2.30. The van der Waals surface area contributed by atoms with Crippen molar-refractivity contribution in [2.75, 3.05) is 6.61 Å². The molecule has 1 aromatic rings. The van der Waals surface area contributed by atoms with Gasteiger partial charge >= 0.3 is 11.9 Å². The number of esters is 2. The maximum absolute atomic E-state index is 11.9. The third-order valence-corrected chi connectivity index (χ3v) is 2.45. The van der Waals surface area contributed by atoms with E-state index in [4.69, 9.17) is 9.47 Å². The van der Waals surface area contributed by atoms with E-state index in [0.717, 1.165) is 5.56 Å². The monoisotopic (exact) mass is 264 g/mol. The molecule has 0 unspecified atom stereocenters. The summed E-state index contributed by atoms with van der Waals surface area (Å²) in [6.07, 6.45) is 0. The highest BCUT2D eigenvalue weighted by atomic mass is 16.5. The van der Waals surface area contributed by atoms with Gasteiger partial charge in [0.2, 0.25) is 0 Å². The lowest BCUT2D eigenvalue weighted by molar-refractivity contribution is -0.143. The molecule has 0 amide bonds.